The molecule has 0 unspecified atom stereocenters. The van der Waals surface area contributed by atoms with Crippen molar-refractivity contribution in [1.29, 1.82) is 0 Å². The number of amides is 1. The van der Waals surface area contributed by atoms with Gasteiger partial charge >= 0.3 is 0 Å². The highest BCUT2D eigenvalue weighted by molar-refractivity contribution is 6.05. The van der Waals surface area contributed by atoms with Crippen molar-refractivity contribution in [1.82, 2.24) is 9.88 Å². The van der Waals surface area contributed by atoms with Gasteiger partial charge in [0, 0.05) is 53.5 Å². The van der Waals surface area contributed by atoms with Crippen LogP contribution in [-0.4, -0.2) is 27.7 Å². The predicted octanol–water partition coefficient (Wildman–Crippen LogP) is 4.83. The van der Waals surface area contributed by atoms with Crippen molar-refractivity contribution in [2.45, 2.75) is 52.2 Å². The first-order chi connectivity index (χ1) is 15.6. The van der Waals surface area contributed by atoms with E-state index in [1.807, 2.05) is 30.3 Å². The summed E-state index contributed by atoms with van der Waals surface area (Å²) in [6, 6.07) is 15.3. The van der Waals surface area contributed by atoms with Crippen LogP contribution >= 0.6 is 0 Å². The lowest BCUT2D eigenvalue weighted by Gasteiger charge is -2.30. The summed E-state index contributed by atoms with van der Waals surface area (Å²) in [5.74, 6) is 5.80. The summed E-state index contributed by atoms with van der Waals surface area (Å²) in [6.45, 7) is 8.41. The Hall–Kier alpha value is -3.07. The number of benzene rings is 2. The molecule has 172 valence electrons. The fourth-order valence-corrected chi connectivity index (χ4v) is 3.95. The van der Waals surface area contributed by atoms with Crippen LogP contribution in [0.15, 0.2) is 48.5 Å². The smallest absolute Gasteiger partial charge is 0.255 e. The molecule has 0 radical (unpaired) electrons. The molecule has 5 heteroatoms. The van der Waals surface area contributed by atoms with Crippen molar-refractivity contribution in [2.75, 3.05) is 11.9 Å². The van der Waals surface area contributed by atoms with E-state index < -0.39 is 5.60 Å². The second-order valence-corrected chi connectivity index (χ2v) is 10.3. The molecular formula is C28H33N3O2. The molecule has 3 aromatic rings. The topological polar surface area (TPSA) is 66.3 Å². The first-order valence-electron chi connectivity index (χ1n) is 11.6. The van der Waals surface area contributed by atoms with Crippen molar-refractivity contribution < 1.29 is 9.90 Å². The van der Waals surface area contributed by atoms with Crippen molar-refractivity contribution in [2.24, 2.45) is 12.5 Å². The molecule has 1 heterocycles. The fourth-order valence-electron chi connectivity index (χ4n) is 3.95. The quantitative estimate of drug-likeness (QED) is 0.495. The van der Waals surface area contributed by atoms with Crippen LogP contribution in [0.5, 0.6) is 0 Å². The molecule has 33 heavy (non-hydrogen) atoms. The molecule has 0 aliphatic heterocycles. The van der Waals surface area contributed by atoms with Gasteiger partial charge in [-0.1, -0.05) is 32.6 Å². The highest BCUT2D eigenvalue weighted by atomic mass is 16.3. The highest BCUT2D eigenvalue weighted by Gasteiger charge is 2.32. The number of nitrogens with one attached hydrogen (secondary N) is 2. The number of carbonyl (C=O) groups is 1. The number of hydrogen-bond donors (Lipinski definition) is 3. The molecular weight excluding hydrogens is 410 g/mol. The summed E-state index contributed by atoms with van der Waals surface area (Å²) in [6.07, 6.45) is 2.50. The van der Waals surface area contributed by atoms with Gasteiger partial charge in [0.2, 0.25) is 0 Å². The fraction of sp³-hybridized carbons (Fsp3) is 0.393. The van der Waals surface area contributed by atoms with Crippen LogP contribution in [-0.2, 0) is 13.6 Å². The summed E-state index contributed by atoms with van der Waals surface area (Å²) in [5, 5.41) is 17.7. The maximum atomic E-state index is 12.7. The summed E-state index contributed by atoms with van der Waals surface area (Å²) >= 11 is 0. The molecule has 0 atom stereocenters. The zero-order valence-electron chi connectivity index (χ0n) is 20.0. The Labute approximate surface area is 196 Å². The van der Waals surface area contributed by atoms with Gasteiger partial charge in [0.25, 0.3) is 5.91 Å². The van der Waals surface area contributed by atoms with Crippen LogP contribution in [0.1, 0.15) is 61.6 Å². The average molecular weight is 444 g/mol. The Bertz CT molecular complexity index is 1220. The SMILES string of the molecule is Cn1c(CNCC(C)(C)C)cc2cc(NC(=O)c3ccc(C#CC4(O)CCC4)cc3)ccc21. The van der Waals surface area contributed by atoms with E-state index in [2.05, 4.69) is 60.9 Å². The van der Waals surface area contributed by atoms with Crippen molar-refractivity contribution in [3.05, 3.63) is 65.4 Å². The third-order valence-electron chi connectivity index (χ3n) is 6.13. The van der Waals surface area contributed by atoms with Crippen LogP contribution in [0.4, 0.5) is 5.69 Å². The van der Waals surface area contributed by atoms with Gasteiger partial charge in [0.15, 0.2) is 0 Å². The first kappa shape index (κ1) is 23.1. The van der Waals surface area contributed by atoms with E-state index in [4.69, 9.17) is 0 Å². The third-order valence-corrected chi connectivity index (χ3v) is 6.13. The molecule has 1 aliphatic carbocycles. The normalized spacial score (nSPS) is 14.9. The number of aryl methyl sites for hydroxylation is 1. The second kappa shape index (κ2) is 9.05. The van der Waals surface area contributed by atoms with Gasteiger partial charge in [-0.3, -0.25) is 4.79 Å². The molecule has 2 aromatic carbocycles. The van der Waals surface area contributed by atoms with E-state index in [1.54, 1.807) is 12.1 Å². The summed E-state index contributed by atoms with van der Waals surface area (Å²) in [5.41, 5.74) is 3.90. The van der Waals surface area contributed by atoms with Gasteiger partial charge in [0.1, 0.15) is 5.60 Å². The lowest BCUT2D eigenvalue weighted by atomic mass is 9.81. The minimum atomic E-state index is -0.825. The van der Waals surface area contributed by atoms with Crippen molar-refractivity contribution in [3.63, 3.8) is 0 Å². The van der Waals surface area contributed by atoms with E-state index >= 15 is 0 Å². The van der Waals surface area contributed by atoms with Gasteiger partial charge in [-0.05, 0) is 73.2 Å². The molecule has 4 rings (SSSR count). The second-order valence-electron chi connectivity index (χ2n) is 10.3. The summed E-state index contributed by atoms with van der Waals surface area (Å²) in [4.78, 5) is 12.7. The Balaban J connectivity index is 1.42. The molecule has 1 aliphatic rings. The monoisotopic (exact) mass is 443 g/mol. The number of rotatable bonds is 5. The Morgan fingerprint density at radius 2 is 1.85 bits per heavy atom. The maximum Gasteiger partial charge on any atom is 0.255 e. The van der Waals surface area contributed by atoms with Gasteiger partial charge in [-0.2, -0.15) is 0 Å². The van der Waals surface area contributed by atoms with Gasteiger partial charge in [0.05, 0.1) is 0 Å². The molecule has 0 spiro atoms. The molecule has 1 fully saturated rings. The number of carbonyl (C=O) groups excluding carboxylic acids is 1. The van der Waals surface area contributed by atoms with Crippen LogP contribution in [0, 0.1) is 17.3 Å². The zero-order valence-corrected chi connectivity index (χ0v) is 20.0. The number of anilines is 1. The summed E-state index contributed by atoms with van der Waals surface area (Å²) < 4.78 is 2.19. The number of nitrogens with zero attached hydrogens (tertiary/aromatic N) is 1. The predicted molar refractivity (Wildman–Crippen MR) is 134 cm³/mol. The molecule has 1 amide bonds. The average Bonchev–Trinajstić information content (AvgIpc) is 3.05. The largest absolute Gasteiger partial charge is 0.378 e. The highest BCUT2D eigenvalue weighted by Crippen LogP contribution is 2.30. The number of fused-ring (bicyclic) bond motifs is 1. The van der Waals surface area contributed by atoms with Gasteiger partial charge in [-0.25, -0.2) is 0 Å². The zero-order chi connectivity index (χ0) is 23.6. The lowest BCUT2D eigenvalue weighted by Crippen LogP contribution is -2.34. The number of hydrogen-bond acceptors (Lipinski definition) is 3. The van der Waals surface area contributed by atoms with Crippen molar-refractivity contribution >= 4 is 22.5 Å². The molecule has 1 aromatic heterocycles. The Morgan fingerprint density at radius 1 is 1.12 bits per heavy atom. The first-order valence-corrected chi connectivity index (χ1v) is 11.6. The van der Waals surface area contributed by atoms with Crippen LogP contribution in [0.25, 0.3) is 10.9 Å². The van der Waals surface area contributed by atoms with Crippen LogP contribution in [0.3, 0.4) is 0 Å². The van der Waals surface area contributed by atoms with E-state index in [0.717, 1.165) is 54.5 Å². The Morgan fingerprint density at radius 3 is 2.48 bits per heavy atom. The summed E-state index contributed by atoms with van der Waals surface area (Å²) in [7, 11) is 2.07. The van der Waals surface area contributed by atoms with E-state index in [0.29, 0.717) is 5.56 Å². The minimum Gasteiger partial charge on any atom is -0.378 e. The maximum absolute atomic E-state index is 12.7. The standard InChI is InChI=1S/C28H33N3O2/c1-27(2,3)19-29-18-24-17-22-16-23(10-11-25(22)31(24)4)30-26(32)21-8-6-20(7-9-21)12-15-28(33)13-5-14-28/h6-11,16-17,29,33H,5,13-14,18-19H2,1-4H3,(H,30,32). The minimum absolute atomic E-state index is 0.158. The molecule has 0 bridgehead atoms. The Kier molecular flexibility index (Phi) is 6.34. The van der Waals surface area contributed by atoms with Crippen LogP contribution in [0.2, 0.25) is 0 Å². The van der Waals surface area contributed by atoms with Crippen molar-refractivity contribution in [3.8, 4) is 11.8 Å². The molecule has 5 nitrogen and oxygen atoms in total. The number of aliphatic hydroxyl groups is 1. The third kappa shape index (κ3) is 5.65. The van der Waals surface area contributed by atoms with E-state index in [9.17, 15) is 9.90 Å². The number of aromatic nitrogens is 1. The molecule has 1 saturated carbocycles. The van der Waals surface area contributed by atoms with E-state index in [-0.39, 0.29) is 11.3 Å². The van der Waals surface area contributed by atoms with E-state index in [1.165, 1.54) is 5.69 Å². The molecule has 0 saturated heterocycles. The molecule has 3 N–H and O–H groups in total. The van der Waals surface area contributed by atoms with Crippen LogP contribution < -0.4 is 10.6 Å². The van der Waals surface area contributed by atoms with Gasteiger partial charge < -0.3 is 20.3 Å². The van der Waals surface area contributed by atoms with Gasteiger partial charge in [-0.15, -0.1) is 0 Å². The lowest BCUT2D eigenvalue weighted by molar-refractivity contribution is 0.0239.